The molecule has 0 aliphatic rings. The zero-order valence-electron chi connectivity index (χ0n) is 11.4. The van der Waals surface area contributed by atoms with Crippen LogP contribution in [0.15, 0.2) is 59.1 Å². The minimum Gasteiger partial charge on any atom is -0.465 e. The van der Waals surface area contributed by atoms with Crippen LogP contribution in [-0.2, 0) is 13.1 Å². The van der Waals surface area contributed by atoms with Crippen molar-refractivity contribution in [2.24, 2.45) is 0 Å². The lowest BCUT2D eigenvalue weighted by atomic mass is 10.3. The third-order valence-electron chi connectivity index (χ3n) is 3.07. The van der Waals surface area contributed by atoms with Gasteiger partial charge in [-0.05, 0) is 37.3 Å². The van der Waals surface area contributed by atoms with Gasteiger partial charge in [0.15, 0.2) is 0 Å². The molecule has 0 spiro atoms. The van der Waals surface area contributed by atoms with Crippen LogP contribution in [0.25, 0.3) is 5.69 Å². The van der Waals surface area contributed by atoms with Gasteiger partial charge in [-0.2, -0.15) is 5.10 Å². The second-order valence-corrected chi connectivity index (χ2v) is 4.70. The zero-order chi connectivity index (χ0) is 13.8. The molecule has 4 heteroatoms. The molecule has 0 aliphatic heterocycles. The summed E-state index contributed by atoms with van der Waals surface area (Å²) in [4.78, 5) is 0. The molecule has 0 amide bonds. The minimum atomic E-state index is 0.714. The third-order valence-corrected chi connectivity index (χ3v) is 3.07. The summed E-state index contributed by atoms with van der Waals surface area (Å²) in [6.45, 7) is 3.39. The molecule has 0 aliphatic carbocycles. The predicted molar refractivity (Wildman–Crippen MR) is 77.6 cm³/mol. The monoisotopic (exact) mass is 267 g/mol. The molecular formula is C16H17N3O. The molecule has 4 nitrogen and oxygen atoms in total. The van der Waals surface area contributed by atoms with Crippen molar-refractivity contribution in [1.82, 2.24) is 15.1 Å². The van der Waals surface area contributed by atoms with Gasteiger partial charge in [0.1, 0.15) is 11.5 Å². The highest BCUT2D eigenvalue weighted by atomic mass is 16.3. The number of nitrogens with one attached hydrogen (secondary N) is 1. The number of aryl methyl sites for hydroxylation is 1. The third kappa shape index (κ3) is 2.97. The summed E-state index contributed by atoms with van der Waals surface area (Å²) in [5.74, 6) is 1.89. The van der Waals surface area contributed by atoms with Crippen molar-refractivity contribution in [1.29, 1.82) is 0 Å². The first-order chi connectivity index (χ1) is 9.81. The summed E-state index contributed by atoms with van der Waals surface area (Å²) in [7, 11) is 0. The van der Waals surface area contributed by atoms with Crippen LogP contribution in [0.5, 0.6) is 0 Å². The highest BCUT2D eigenvalue weighted by molar-refractivity contribution is 5.30. The van der Waals surface area contributed by atoms with E-state index >= 15 is 0 Å². The van der Waals surface area contributed by atoms with Gasteiger partial charge in [-0.15, -0.1) is 0 Å². The minimum absolute atomic E-state index is 0.714. The first kappa shape index (κ1) is 12.7. The van der Waals surface area contributed by atoms with Crippen LogP contribution in [0.1, 0.15) is 17.2 Å². The molecule has 1 aromatic carbocycles. The summed E-state index contributed by atoms with van der Waals surface area (Å²) >= 11 is 0. The molecular weight excluding hydrogens is 250 g/mol. The molecule has 1 N–H and O–H groups in total. The van der Waals surface area contributed by atoms with Crippen molar-refractivity contribution < 1.29 is 4.42 Å². The highest BCUT2D eigenvalue weighted by Gasteiger charge is 2.02. The van der Waals surface area contributed by atoms with E-state index in [0.29, 0.717) is 6.54 Å². The summed E-state index contributed by atoms with van der Waals surface area (Å²) in [6.07, 6.45) is 1.98. The second-order valence-electron chi connectivity index (χ2n) is 4.70. The van der Waals surface area contributed by atoms with Crippen LogP contribution in [0.2, 0.25) is 0 Å². The van der Waals surface area contributed by atoms with Crippen LogP contribution in [0.4, 0.5) is 0 Å². The SMILES string of the molecule is Cc1ccc(CNCc2ccn(-c3ccccc3)n2)o1. The van der Waals surface area contributed by atoms with Gasteiger partial charge in [-0.25, -0.2) is 4.68 Å². The van der Waals surface area contributed by atoms with Crippen LogP contribution in [0.3, 0.4) is 0 Å². The first-order valence-electron chi connectivity index (χ1n) is 6.67. The van der Waals surface area contributed by atoms with Gasteiger partial charge in [0, 0.05) is 12.7 Å². The smallest absolute Gasteiger partial charge is 0.117 e. The second kappa shape index (κ2) is 5.75. The molecule has 0 fully saturated rings. The number of aromatic nitrogens is 2. The molecule has 2 heterocycles. The van der Waals surface area contributed by atoms with Gasteiger partial charge in [0.05, 0.1) is 17.9 Å². The van der Waals surface area contributed by atoms with Gasteiger partial charge in [-0.3, -0.25) is 0 Å². The van der Waals surface area contributed by atoms with E-state index in [0.717, 1.165) is 29.4 Å². The molecule has 0 saturated heterocycles. The number of hydrogen-bond acceptors (Lipinski definition) is 3. The molecule has 2 aromatic heterocycles. The van der Waals surface area contributed by atoms with Crippen molar-refractivity contribution in [2.75, 3.05) is 0 Å². The van der Waals surface area contributed by atoms with E-state index in [1.807, 2.05) is 66.3 Å². The van der Waals surface area contributed by atoms with Crippen LogP contribution in [-0.4, -0.2) is 9.78 Å². The fourth-order valence-electron chi connectivity index (χ4n) is 2.07. The van der Waals surface area contributed by atoms with Gasteiger partial charge in [-0.1, -0.05) is 18.2 Å². The normalized spacial score (nSPS) is 10.8. The molecule has 0 unspecified atom stereocenters. The number of para-hydroxylation sites is 1. The Morgan fingerprint density at radius 2 is 1.90 bits per heavy atom. The molecule has 20 heavy (non-hydrogen) atoms. The fraction of sp³-hybridized carbons (Fsp3) is 0.188. The zero-order valence-corrected chi connectivity index (χ0v) is 11.4. The van der Waals surface area contributed by atoms with E-state index in [9.17, 15) is 0 Å². The van der Waals surface area contributed by atoms with Crippen molar-refractivity contribution >= 4 is 0 Å². The van der Waals surface area contributed by atoms with Gasteiger partial charge < -0.3 is 9.73 Å². The maximum Gasteiger partial charge on any atom is 0.117 e. The van der Waals surface area contributed by atoms with Crippen molar-refractivity contribution in [2.45, 2.75) is 20.0 Å². The van der Waals surface area contributed by atoms with E-state index in [1.54, 1.807) is 0 Å². The average Bonchev–Trinajstić information content (AvgIpc) is 3.09. The largest absolute Gasteiger partial charge is 0.465 e. The number of rotatable bonds is 5. The summed E-state index contributed by atoms with van der Waals surface area (Å²) in [5, 5.41) is 7.87. The summed E-state index contributed by atoms with van der Waals surface area (Å²) < 4.78 is 7.39. The van der Waals surface area contributed by atoms with Gasteiger partial charge >= 0.3 is 0 Å². The van der Waals surface area contributed by atoms with E-state index < -0.39 is 0 Å². The summed E-state index contributed by atoms with van der Waals surface area (Å²) in [5.41, 5.74) is 2.08. The van der Waals surface area contributed by atoms with Gasteiger partial charge in [0.2, 0.25) is 0 Å². The molecule has 0 radical (unpaired) electrons. The topological polar surface area (TPSA) is 43.0 Å². The Labute approximate surface area is 118 Å². The highest BCUT2D eigenvalue weighted by Crippen LogP contribution is 2.08. The molecule has 3 aromatic rings. The van der Waals surface area contributed by atoms with E-state index in [4.69, 9.17) is 4.42 Å². The van der Waals surface area contributed by atoms with Crippen LogP contribution >= 0.6 is 0 Å². The lowest BCUT2D eigenvalue weighted by molar-refractivity contribution is 0.460. The molecule has 102 valence electrons. The molecule has 0 bridgehead atoms. The van der Waals surface area contributed by atoms with E-state index in [2.05, 4.69) is 10.4 Å². The number of benzene rings is 1. The molecule has 3 rings (SSSR count). The quantitative estimate of drug-likeness (QED) is 0.772. The average molecular weight is 267 g/mol. The Balaban J connectivity index is 1.58. The Hall–Kier alpha value is -2.33. The molecule has 0 saturated carbocycles. The van der Waals surface area contributed by atoms with Crippen molar-refractivity contribution in [3.8, 4) is 5.69 Å². The maximum absolute atomic E-state index is 5.51. The number of hydrogen-bond donors (Lipinski definition) is 1. The van der Waals surface area contributed by atoms with Crippen LogP contribution in [0, 0.1) is 6.92 Å². The Morgan fingerprint density at radius 3 is 2.65 bits per heavy atom. The predicted octanol–water partition coefficient (Wildman–Crippen LogP) is 3.06. The van der Waals surface area contributed by atoms with Crippen LogP contribution < -0.4 is 5.32 Å². The number of nitrogens with zero attached hydrogens (tertiary/aromatic N) is 2. The standard InChI is InChI=1S/C16H17N3O/c1-13-7-8-16(20-13)12-17-11-14-9-10-19(18-14)15-5-3-2-4-6-15/h2-10,17H,11-12H2,1H3. The Bertz CT molecular complexity index is 670. The van der Waals surface area contributed by atoms with E-state index in [-0.39, 0.29) is 0 Å². The first-order valence-corrected chi connectivity index (χ1v) is 6.67. The van der Waals surface area contributed by atoms with Crippen molar-refractivity contribution in [3.63, 3.8) is 0 Å². The Kier molecular flexibility index (Phi) is 3.65. The number of furan rings is 1. The lowest BCUT2D eigenvalue weighted by Crippen LogP contribution is -2.12. The van der Waals surface area contributed by atoms with E-state index in [1.165, 1.54) is 0 Å². The summed E-state index contributed by atoms with van der Waals surface area (Å²) in [6, 6.07) is 16.1. The molecule has 0 atom stereocenters. The Morgan fingerprint density at radius 1 is 1.05 bits per heavy atom. The van der Waals surface area contributed by atoms with Gasteiger partial charge in [0.25, 0.3) is 0 Å². The fourth-order valence-corrected chi connectivity index (χ4v) is 2.07. The maximum atomic E-state index is 5.51. The lowest BCUT2D eigenvalue weighted by Gasteiger charge is -2.01. The van der Waals surface area contributed by atoms with Crippen molar-refractivity contribution in [3.05, 3.63) is 71.9 Å².